The van der Waals surface area contributed by atoms with Crippen LogP contribution < -0.4 is 0 Å². The fraction of sp³-hybridized carbons (Fsp3) is 0.346. The van der Waals surface area contributed by atoms with Crippen LogP contribution in [0.3, 0.4) is 0 Å². The quantitative estimate of drug-likeness (QED) is 0.372. The molecular weight excluding hydrogens is 448 g/mol. The summed E-state index contributed by atoms with van der Waals surface area (Å²) in [6.07, 6.45) is 2.29. The number of carbonyl (C=O) groups is 2. The third kappa shape index (κ3) is 5.99. The van der Waals surface area contributed by atoms with Gasteiger partial charge in [0, 0.05) is 69.5 Å². The van der Waals surface area contributed by atoms with Crippen LogP contribution >= 0.6 is 0 Å². The molecule has 1 amide bonds. The van der Waals surface area contributed by atoms with Crippen molar-refractivity contribution in [3.63, 3.8) is 0 Å². The van der Waals surface area contributed by atoms with Gasteiger partial charge in [0.15, 0.2) is 5.78 Å². The average molecular weight is 477 g/mol. The first-order valence-corrected chi connectivity index (χ1v) is 11.7. The van der Waals surface area contributed by atoms with Gasteiger partial charge in [0.05, 0.1) is 17.0 Å². The monoisotopic (exact) mass is 476 g/mol. The summed E-state index contributed by atoms with van der Waals surface area (Å²) in [7, 11) is 0. The predicted molar refractivity (Wildman–Crippen MR) is 132 cm³/mol. The predicted octanol–water partition coefficient (Wildman–Crippen LogP) is 3.38. The first-order chi connectivity index (χ1) is 16.9. The number of aliphatic hydroxyl groups is 1. The highest BCUT2D eigenvalue weighted by Crippen LogP contribution is 2.32. The van der Waals surface area contributed by atoms with E-state index in [1.54, 1.807) is 4.90 Å². The molecule has 1 fully saturated rings. The number of hydrogen-bond acceptors (Lipinski definition) is 7. The van der Waals surface area contributed by atoms with Crippen molar-refractivity contribution in [2.45, 2.75) is 18.8 Å². The Morgan fingerprint density at radius 1 is 1.06 bits per heavy atom. The second kappa shape index (κ2) is 11.1. The van der Waals surface area contributed by atoms with Gasteiger partial charge in [0.25, 0.3) is 11.6 Å². The number of ketones is 1. The third-order valence-corrected chi connectivity index (χ3v) is 6.50. The lowest BCUT2D eigenvalue weighted by Crippen LogP contribution is -2.49. The van der Waals surface area contributed by atoms with Gasteiger partial charge in [-0.15, -0.1) is 0 Å². The number of amides is 1. The number of nitro groups is 1. The fourth-order valence-electron chi connectivity index (χ4n) is 4.46. The number of allylic oxidation sites excluding steroid dienone is 2. The molecule has 2 aromatic carbocycles. The summed E-state index contributed by atoms with van der Waals surface area (Å²) in [4.78, 5) is 43.8. The molecule has 35 heavy (non-hydrogen) atoms. The Morgan fingerprint density at radius 2 is 1.74 bits per heavy atom. The van der Waals surface area contributed by atoms with Gasteiger partial charge in [-0.25, -0.2) is 0 Å². The molecule has 0 bridgehead atoms. The number of carbonyl (C=O) groups excluding carboxylic acids is 2. The van der Waals surface area contributed by atoms with Crippen molar-refractivity contribution in [3.8, 4) is 0 Å². The maximum atomic E-state index is 12.7. The van der Waals surface area contributed by atoms with Crippen molar-refractivity contribution in [3.05, 3.63) is 87.2 Å². The molecular formula is C26H28N4O5. The van der Waals surface area contributed by atoms with E-state index in [4.69, 9.17) is 0 Å². The molecule has 1 heterocycles. The van der Waals surface area contributed by atoms with E-state index < -0.39 is 4.92 Å². The van der Waals surface area contributed by atoms with E-state index in [-0.39, 0.29) is 29.1 Å². The molecule has 1 saturated heterocycles. The van der Waals surface area contributed by atoms with Crippen LogP contribution in [0.2, 0.25) is 0 Å². The lowest BCUT2D eigenvalue weighted by molar-refractivity contribution is -0.384. The van der Waals surface area contributed by atoms with Crippen molar-refractivity contribution in [1.29, 1.82) is 0 Å². The van der Waals surface area contributed by atoms with Gasteiger partial charge in [0.2, 0.25) is 0 Å². The number of benzene rings is 2. The Kier molecular flexibility index (Phi) is 7.67. The number of nitrogens with zero attached hydrogens (tertiary/aromatic N) is 4. The van der Waals surface area contributed by atoms with Gasteiger partial charge in [0.1, 0.15) is 5.76 Å². The van der Waals surface area contributed by atoms with Gasteiger partial charge in [-0.2, -0.15) is 0 Å². The molecule has 4 rings (SSSR count). The molecule has 1 atom stereocenters. The SMILES string of the molecule is O=C1CC(c2ccccc2)CC(O)=C1C=NCCN1CCN(C(=O)c2ccc([N+](=O)[O-])cc2)CC1. The molecule has 0 radical (unpaired) electrons. The van der Waals surface area contributed by atoms with Crippen molar-refractivity contribution in [2.24, 2.45) is 4.99 Å². The maximum absolute atomic E-state index is 12.7. The number of aliphatic imine (C=N–C) groups is 1. The smallest absolute Gasteiger partial charge is 0.269 e. The third-order valence-electron chi connectivity index (χ3n) is 6.50. The zero-order chi connectivity index (χ0) is 24.8. The standard InChI is InChI=1S/C26H28N4O5/c31-24-16-21(19-4-2-1-3-5-19)17-25(32)23(24)18-27-10-11-28-12-14-29(15-13-28)26(33)20-6-8-22(9-7-20)30(34)35/h1-9,18,21,31H,10-17H2. The van der Waals surface area contributed by atoms with Crippen molar-refractivity contribution < 1.29 is 19.6 Å². The Morgan fingerprint density at radius 3 is 2.37 bits per heavy atom. The van der Waals surface area contributed by atoms with E-state index in [1.165, 1.54) is 30.5 Å². The number of nitro benzene ring substituents is 1. The van der Waals surface area contributed by atoms with Crippen LogP contribution in [-0.4, -0.2) is 77.0 Å². The molecule has 0 saturated carbocycles. The van der Waals surface area contributed by atoms with E-state index in [1.807, 2.05) is 30.3 Å². The van der Waals surface area contributed by atoms with Gasteiger partial charge in [-0.1, -0.05) is 30.3 Å². The van der Waals surface area contributed by atoms with E-state index in [0.29, 0.717) is 63.2 Å². The van der Waals surface area contributed by atoms with Crippen LogP contribution in [0, 0.1) is 10.1 Å². The highest BCUT2D eigenvalue weighted by molar-refractivity contribution is 6.14. The van der Waals surface area contributed by atoms with Gasteiger partial charge in [-0.05, 0) is 23.6 Å². The van der Waals surface area contributed by atoms with Crippen LogP contribution in [0.25, 0.3) is 0 Å². The maximum Gasteiger partial charge on any atom is 0.269 e. The number of aliphatic hydroxyl groups excluding tert-OH is 1. The summed E-state index contributed by atoms with van der Waals surface area (Å²) in [5, 5.41) is 21.2. The van der Waals surface area contributed by atoms with Crippen LogP contribution in [-0.2, 0) is 4.79 Å². The van der Waals surface area contributed by atoms with E-state index in [9.17, 15) is 24.8 Å². The zero-order valence-corrected chi connectivity index (χ0v) is 19.4. The molecule has 1 N–H and O–H groups in total. The lowest BCUT2D eigenvalue weighted by Gasteiger charge is -2.34. The molecule has 1 unspecified atom stereocenters. The Labute approximate surface area is 203 Å². The van der Waals surface area contributed by atoms with E-state index in [0.717, 1.165) is 5.56 Å². The van der Waals surface area contributed by atoms with Crippen LogP contribution in [0.1, 0.15) is 34.7 Å². The van der Waals surface area contributed by atoms with Crippen molar-refractivity contribution >= 4 is 23.6 Å². The molecule has 9 heteroatoms. The van der Waals surface area contributed by atoms with Crippen LogP contribution in [0.15, 0.2) is 70.9 Å². The minimum Gasteiger partial charge on any atom is -0.511 e. The summed E-state index contributed by atoms with van der Waals surface area (Å²) >= 11 is 0. The summed E-state index contributed by atoms with van der Waals surface area (Å²) < 4.78 is 0. The van der Waals surface area contributed by atoms with Gasteiger partial charge < -0.3 is 10.0 Å². The van der Waals surface area contributed by atoms with Crippen LogP contribution in [0.5, 0.6) is 0 Å². The Hall–Kier alpha value is -3.85. The number of non-ortho nitro benzene ring substituents is 1. The van der Waals surface area contributed by atoms with E-state index >= 15 is 0 Å². The Bertz CT molecular complexity index is 1140. The number of hydrogen-bond donors (Lipinski definition) is 1. The highest BCUT2D eigenvalue weighted by atomic mass is 16.6. The zero-order valence-electron chi connectivity index (χ0n) is 19.4. The molecule has 2 aromatic rings. The number of Topliss-reactive ketones (excluding diaryl/α,β-unsaturated/α-hetero) is 1. The molecule has 182 valence electrons. The second-order valence-electron chi connectivity index (χ2n) is 8.77. The largest absolute Gasteiger partial charge is 0.511 e. The van der Waals surface area contributed by atoms with Crippen molar-refractivity contribution in [2.75, 3.05) is 39.3 Å². The molecule has 2 aliphatic rings. The molecule has 0 spiro atoms. The molecule has 1 aliphatic carbocycles. The summed E-state index contributed by atoms with van der Waals surface area (Å²) in [6, 6.07) is 15.4. The number of rotatable bonds is 7. The minimum absolute atomic E-state index is 0.00846. The lowest BCUT2D eigenvalue weighted by atomic mass is 9.83. The molecule has 0 aromatic heterocycles. The summed E-state index contributed by atoms with van der Waals surface area (Å²) in [5.74, 6) is -0.141. The average Bonchev–Trinajstić information content (AvgIpc) is 2.88. The topological polar surface area (TPSA) is 116 Å². The highest BCUT2D eigenvalue weighted by Gasteiger charge is 2.27. The van der Waals surface area contributed by atoms with Crippen molar-refractivity contribution in [1.82, 2.24) is 9.80 Å². The fourth-order valence-corrected chi connectivity index (χ4v) is 4.46. The molecule has 9 nitrogen and oxygen atoms in total. The van der Waals surface area contributed by atoms with Gasteiger partial charge >= 0.3 is 0 Å². The minimum atomic E-state index is -0.487. The van der Waals surface area contributed by atoms with Crippen LogP contribution in [0.4, 0.5) is 5.69 Å². The van der Waals surface area contributed by atoms with E-state index in [2.05, 4.69) is 9.89 Å². The normalized spacial score (nSPS) is 19.4. The molecule has 1 aliphatic heterocycles. The summed E-state index contributed by atoms with van der Waals surface area (Å²) in [5.41, 5.74) is 1.75. The first-order valence-electron chi connectivity index (χ1n) is 11.7. The second-order valence-corrected chi connectivity index (χ2v) is 8.77. The number of piperazine rings is 1. The van der Waals surface area contributed by atoms with Gasteiger partial charge in [-0.3, -0.25) is 29.6 Å². The first kappa shape index (κ1) is 24.3. The summed E-state index contributed by atoms with van der Waals surface area (Å²) in [6.45, 7) is 3.68. The Balaban J connectivity index is 1.23.